The normalized spacial score (nSPS) is 31.2. The molecule has 0 aliphatic carbocycles. The van der Waals surface area contributed by atoms with Crippen LogP contribution in [0, 0.1) is 0 Å². The second-order valence-electron chi connectivity index (χ2n) is 8.05. The Bertz CT molecular complexity index is 884. The van der Waals surface area contributed by atoms with Crippen molar-refractivity contribution < 1.29 is 28.8 Å². The molecule has 1 amide bonds. The summed E-state index contributed by atoms with van der Waals surface area (Å²) in [5.41, 5.74) is 0.975. The second-order valence-corrected chi connectivity index (χ2v) is 8.05. The van der Waals surface area contributed by atoms with Crippen LogP contribution in [0.2, 0.25) is 0 Å². The van der Waals surface area contributed by atoms with Gasteiger partial charge >= 0.3 is 0 Å². The van der Waals surface area contributed by atoms with Gasteiger partial charge in [-0.2, -0.15) is 0 Å². The summed E-state index contributed by atoms with van der Waals surface area (Å²) >= 11 is 0. The lowest BCUT2D eigenvalue weighted by Gasteiger charge is -2.49. The quantitative estimate of drug-likeness (QED) is 0.816. The number of nitrogens with one attached hydrogen (secondary N) is 1. The van der Waals surface area contributed by atoms with Crippen molar-refractivity contribution in [2.75, 3.05) is 6.61 Å². The minimum atomic E-state index is -0.984. The largest absolute Gasteiger partial charge is 0.388 e. The number of aliphatic hydroxyl groups excluding tert-OH is 1. The molecule has 7 heteroatoms. The van der Waals surface area contributed by atoms with Gasteiger partial charge in [0.25, 0.3) is 0 Å². The van der Waals surface area contributed by atoms with Crippen molar-refractivity contribution in [3.8, 4) is 0 Å². The van der Waals surface area contributed by atoms with Crippen LogP contribution in [-0.4, -0.2) is 54.1 Å². The van der Waals surface area contributed by atoms with Gasteiger partial charge in [-0.3, -0.25) is 4.79 Å². The molecule has 0 spiro atoms. The summed E-state index contributed by atoms with van der Waals surface area (Å²) in [4.78, 5) is 11.7. The standard InChI is InChI=1S/C22H27NO6/c1-13(24)23-18-19(25)20-17(12-27-22(2,3)29-20)28-21(18)26-11-14-8-9-15-6-4-5-7-16(15)10-14/h4-10,17-21,25H,11-12H2,1-3H3,(H,23,24)/t17-,18-,19-,20+,21+/m1/s1. The number of carbonyl (C=O) groups is 1. The zero-order valence-corrected chi connectivity index (χ0v) is 16.8. The average molecular weight is 401 g/mol. The van der Waals surface area contributed by atoms with Gasteiger partial charge in [0.15, 0.2) is 12.1 Å². The number of amides is 1. The van der Waals surface area contributed by atoms with E-state index in [0.717, 1.165) is 16.3 Å². The van der Waals surface area contributed by atoms with Crippen molar-refractivity contribution >= 4 is 16.7 Å². The number of fused-ring (bicyclic) bond motifs is 2. The Balaban J connectivity index is 1.50. The molecule has 2 saturated heterocycles. The van der Waals surface area contributed by atoms with E-state index in [-0.39, 0.29) is 19.1 Å². The number of rotatable bonds is 4. The molecule has 0 bridgehead atoms. The lowest BCUT2D eigenvalue weighted by Crippen LogP contribution is -2.68. The van der Waals surface area contributed by atoms with Crippen molar-refractivity contribution in [2.45, 2.75) is 63.8 Å². The molecule has 2 heterocycles. The molecule has 2 aliphatic rings. The fourth-order valence-corrected chi connectivity index (χ4v) is 3.88. The van der Waals surface area contributed by atoms with Crippen LogP contribution in [0.4, 0.5) is 0 Å². The predicted octanol–water partition coefficient (Wildman–Crippen LogP) is 2.10. The molecular formula is C22H27NO6. The van der Waals surface area contributed by atoms with Crippen molar-refractivity contribution in [3.63, 3.8) is 0 Å². The third kappa shape index (κ3) is 4.44. The van der Waals surface area contributed by atoms with Gasteiger partial charge in [-0.15, -0.1) is 0 Å². The van der Waals surface area contributed by atoms with E-state index in [9.17, 15) is 9.90 Å². The first-order valence-electron chi connectivity index (χ1n) is 9.84. The molecule has 29 heavy (non-hydrogen) atoms. The van der Waals surface area contributed by atoms with Crippen LogP contribution in [0.1, 0.15) is 26.3 Å². The van der Waals surface area contributed by atoms with Crippen LogP contribution in [0.25, 0.3) is 10.8 Å². The van der Waals surface area contributed by atoms with Gasteiger partial charge in [-0.1, -0.05) is 36.4 Å². The van der Waals surface area contributed by atoms with Crippen LogP contribution < -0.4 is 5.32 Å². The van der Waals surface area contributed by atoms with E-state index in [1.807, 2.05) is 30.3 Å². The van der Waals surface area contributed by atoms with Gasteiger partial charge in [-0.25, -0.2) is 0 Å². The Morgan fingerprint density at radius 3 is 2.76 bits per heavy atom. The predicted molar refractivity (Wildman–Crippen MR) is 106 cm³/mol. The summed E-state index contributed by atoms with van der Waals surface area (Å²) < 4.78 is 23.5. The zero-order valence-electron chi connectivity index (χ0n) is 16.8. The van der Waals surface area contributed by atoms with Crippen molar-refractivity contribution in [3.05, 3.63) is 48.0 Å². The van der Waals surface area contributed by atoms with Crippen LogP contribution in [0.5, 0.6) is 0 Å². The second kappa shape index (κ2) is 8.01. The topological polar surface area (TPSA) is 86.3 Å². The van der Waals surface area contributed by atoms with E-state index in [4.69, 9.17) is 18.9 Å². The van der Waals surface area contributed by atoms with Gasteiger partial charge in [0.1, 0.15) is 24.4 Å². The molecule has 156 valence electrons. The SMILES string of the molecule is CC(=O)N[C@H]1[C@@H](OCc2ccc3ccccc3c2)O[C@@H]2COC(C)(C)O[C@@H]2[C@@H]1O. The molecule has 7 nitrogen and oxygen atoms in total. The van der Waals surface area contributed by atoms with Crippen LogP contribution in [0.15, 0.2) is 42.5 Å². The highest BCUT2D eigenvalue weighted by molar-refractivity contribution is 5.82. The maximum Gasteiger partial charge on any atom is 0.217 e. The monoisotopic (exact) mass is 401 g/mol. The highest BCUT2D eigenvalue weighted by Gasteiger charge is 2.51. The molecule has 0 unspecified atom stereocenters. The smallest absolute Gasteiger partial charge is 0.217 e. The molecular weight excluding hydrogens is 374 g/mol. The summed E-state index contributed by atoms with van der Waals surface area (Å²) in [5, 5.41) is 15.9. The number of carbonyl (C=O) groups excluding carboxylic acids is 1. The highest BCUT2D eigenvalue weighted by Crippen LogP contribution is 2.33. The Kier molecular flexibility index (Phi) is 5.59. The molecule has 2 fully saturated rings. The fourth-order valence-electron chi connectivity index (χ4n) is 3.88. The van der Waals surface area contributed by atoms with Gasteiger partial charge in [-0.05, 0) is 36.2 Å². The molecule has 5 atom stereocenters. The Labute approximate surface area is 169 Å². The molecule has 2 N–H and O–H groups in total. The maximum atomic E-state index is 11.7. The van der Waals surface area contributed by atoms with E-state index in [1.165, 1.54) is 6.92 Å². The van der Waals surface area contributed by atoms with Crippen molar-refractivity contribution in [1.29, 1.82) is 0 Å². The number of ether oxygens (including phenoxy) is 4. The van der Waals surface area contributed by atoms with Crippen LogP contribution in [-0.2, 0) is 30.3 Å². The third-order valence-corrected chi connectivity index (χ3v) is 5.29. The minimum absolute atomic E-state index is 0.275. The summed E-state index contributed by atoms with van der Waals surface area (Å²) in [5.74, 6) is -1.10. The molecule has 2 aromatic rings. The zero-order chi connectivity index (χ0) is 20.6. The maximum absolute atomic E-state index is 11.7. The molecule has 4 rings (SSSR count). The number of hydrogen-bond acceptors (Lipinski definition) is 6. The van der Waals surface area contributed by atoms with Gasteiger partial charge in [0, 0.05) is 6.92 Å². The van der Waals surface area contributed by atoms with E-state index in [2.05, 4.69) is 17.4 Å². The third-order valence-electron chi connectivity index (χ3n) is 5.29. The number of hydrogen-bond donors (Lipinski definition) is 2. The summed E-state index contributed by atoms with van der Waals surface area (Å²) in [6, 6.07) is 13.4. The lowest BCUT2D eigenvalue weighted by molar-refractivity contribution is -0.369. The molecule has 0 saturated carbocycles. The fraction of sp³-hybridized carbons (Fsp3) is 0.500. The Morgan fingerprint density at radius 2 is 2.00 bits per heavy atom. The lowest BCUT2D eigenvalue weighted by atomic mass is 9.95. The molecule has 2 aromatic carbocycles. The van der Waals surface area contributed by atoms with Gasteiger partial charge < -0.3 is 29.4 Å². The molecule has 2 aliphatic heterocycles. The first-order valence-corrected chi connectivity index (χ1v) is 9.84. The minimum Gasteiger partial charge on any atom is -0.388 e. The first kappa shape index (κ1) is 20.3. The Hall–Kier alpha value is -2.03. The molecule has 0 radical (unpaired) electrons. The van der Waals surface area contributed by atoms with Crippen molar-refractivity contribution in [2.24, 2.45) is 0 Å². The van der Waals surface area contributed by atoms with E-state index in [0.29, 0.717) is 0 Å². The van der Waals surface area contributed by atoms with Gasteiger partial charge in [0.2, 0.25) is 5.91 Å². The van der Waals surface area contributed by atoms with E-state index < -0.39 is 36.4 Å². The number of benzene rings is 2. The molecule has 0 aromatic heterocycles. The van der Waals surface area contributed by atoms with E-state index >= 15 is 0 Å². The highest BCUT2D eigenvalue weighted by atomic mass is 16.8. The van der Waals surface area contributed by atoms with Crippen LogP contribution >= 0.6 is 0 Å². The summed E-state index contributed by atoms with van der Waals surface area (Å²) in [6.45, 7) is 5.52. The van der Waals surface area contributed by atoms with E-state index in [1.54, 1.807) is 13.8 Å². The van der Waals surface area contributed by atoms with Crippen LogP contribution in [0.3, 0.4) is 0 Å². The van der Waals surface area contributed by atoms with Gasteiger partial charge in [0.05, 0.1) is 13.2 Å². The number of aliphatic hydroxyl groups is 1. The van der Waals surface area contributed by atoms with Crippen molar-refractivity contribution in [1.82, 2.24) is 5.32 Å². The Morgan fingerprint density at radius 1 is 1.24 bits per heavy atom. The summed E-state index contributed by atoms with van der Waals surface area (Å²) in [6.07, 6.45) is -2.90. The first-order chi connectivity index (χ1) is 13.8. The summed E-state index contributed by atoms with van der Waals surface area (Å²) in [7, 11) is 0. The average Bonchev–Trinajstić information content (AvgIpc) is 2.68.